The lowest BCUT2D eigenvalue weighted by Gasteiger charge is -2.22. The van der Waals surface area contributed by atoms with Gasteiger partial charge in [-0.25, -0.2) is 0 Å². The van der Waals surface area contributed by atoms with E-state index in [1.807, 2.05) is 6.07 Å². The molecule has 0 amide bonds. The second kappa shape index (κ2) is 7.92. The van der Waals surface area contributed by atoms with Crippen molar-refractivity contribution in [2.45, 2.75) is 58.8 Å². The smallest absolute Gasteiger partial charge is 0.169 e. The Morgan fingerprint density at radius 3 is 2.68 bits per heavy atom. The molecule has 0 radical (unpaired) electrons. The fourth-order valence-corrected chi connectivity index (χ4v) is 6.07. The summed E-state index contributed by atoms with van der Waals surface area (Å²) in [6.45, 7) is 9.35. The normalized spacial score (nSPS) is 18.0. The average molecular weight is 396 g/mol. The van der Waals surface area contributed by atoms with E-state index in [2.05, 4.69) is 30.9 Å². The molecule has 2 aliphatic rings. The molecule has 3 nitrogen and oxygen atoms in total. The molecule has 0 N–H and O–H groups in total. The molecule has 0 aliphatic heterocycles. The molecule has 2 aliphatic carbocycles. The number of carbonyl (C=O) groups excluding carboxylic acids is 2. The van der Waals surface area contributed by atoms with E-state index in [4.69, 9.17) is 0 Å². The molecule has 28 heavy (non-hydrogen) atoms. The lowest BCUT2D eigenvalue weighted by molar-refractivity contribution is 0.0992. The molecule has 1 atom stereocenters. The monoisotopic (exact) mass is 395 g/mol. The van der Waals surface area contributed by atoms with Crippen LogP contribution in [-0.4, -0.2) is 36.1 Å². The quantitative estimate of drug-likeness (QED) is 0.605. The number of Topliss-reactive ketones (excluding diaryl/α,β-unsaturated/α-hetero) is 2. The zero-order valence-electron chi connectivity index (χ0n) is 17.1. The first kappa shape index (κ1) is 19.5. The van der Waals surface area contributed by atoms with Crippen molar-refractivity contribution < 1.29 is 9.59 Å². The maximum Gasteiger partial charge on any atom is 0.169 e. The second-order valence-corrected chi connectivity index (χ2v) is 9.10. The molecule has 0 bridgehead atoms. The Hall–Kier alpha value is -1.78. The Kier molecular flexibility index (Phi) is 5.52. The van der Waals surface area contributed by atoms with Gasteiger partial charge in [0.2, 0.25) is 0 Å². The summed E-state index contributed by atoms with van der Waals surface area (Å²) in [5.41, 5.74) is 6.11. The highest BCUT2D eigenvalue weighted by Crippen LogP contribution is 2.48. The molecule has 0 fully saturated rings. The van der Waals surface area contributed by atoms with Crippen molar-refractivity contribution in [2.75, 3.05) is 19.6 Å². The van der Waals surface area contributed by atoms with Crippen LogP contribution >= 0.6 is 11.3 Å². The predicted molar refractivity (Wildman–Crippen MR) is 116 cm³/mol. The van der Waals surface area contributed by atoms with E-state index in [1.54, 1.807) is 18.3 Å². The first-order valence-electron chi connectivity index (χ1n) is 10.6. The number of fused-ring (bicyclic) bond motifs is 5. The molecular formula is C24H29NO2S. The van der Waals surface area contributed by atoms with Crippen molar-refractivity contribution >= 4 is 22.9 Å². The highest BCUT2D eigenvalue weighted by atomic mass is 32.1. The number of nitrogens with zero attached hydrogens (tertiary/aromatic N) is 1. The van der Waals surface area contributed by atoms with Gasteiger partial charge in [-0.15, -0.1) is 11.3 Å². The van der Waals surface area contributed by atoms with E-state index in [0.29, 0.717) is 12.3 Å². The topological polar surface area (TPSA) is 37.4 Å². The molecule has 0 saturated carbocycles. The summed E-state index contributed by atoms with van der Waals surface area (Å²) in [6, 6.07) is 6.36. The van der Waals surface area contributed by atoms with E-state index in [-0.39, 0.29) is 11.6 Å². The minimum absolute atomic E-state index is 0.144. The van der Waals surface area contributed by atoms with Crippen molar-refractivity contribution in [3.8, 4) is 10.4 Å². The molecule has 4 heteroatoms. The predicted octanol–water partition coefficient (Wildman–Crippen LogP) is 5.51. The van der Waals surface area contributed by atoms with Gasteiger partial charge in [0, 0.05) is 16.9 Å². The van der Waals surface area contributed by atoms with Crippen LogP contribution < -0.4 is 0 Å². The van der Waals surface area contributed by atoms with Crippen LogP contribution in [0, 0.1) is 0 Å². The van der Waals surface area contributed by atoms with Gasteiger partial charge in [0.25, 0.3) is 0 Å². The molecule has 148 valence electrons. The highest BCUT2D eigenvalue weighted by molar-refractivity contribution is 7.17. The van der Waals surface area contributed by atoms with Gasteiger partial charge in [-0.2, -0.15) is 0 Å². The summed E-state index contributed by atoms with van der Waals surface area (Å²) < 4.78 is 0. The lowest BCUT2D eigenvalue weighted by atomic mass is 9.92. The lowest BCUT2D eigenvalue weighted by Crippen LogP contribution is -2.25. The number of ketones is 2. The van der Waals surface area contributed by atoms with Crippen LogP contribution in [0.3, 0.4) is 0 Å². The van der Waals surface area contributed by atoms with Gasteiger partial charge < -0.3 is 4.90 Å². The van der Waals surface area contributed by atoms with Crippen LogP contribution in [0.2, 0.25) is 0 Å². The fourth-order valence-electron chi connectivity index (χ4n) is 4.82. The van der Waals surface area contributed by atoms with Gasteiger partial charge in [0.05, 0.1) is 4.88 Å². The Morgan fingerprint density at radius 1 is 1.18 bits per heavy atom. The van der Waals surface area contributed by atoms with Gasteiger partial charge >= 0.3 is 0 Å². The zero-order valence-corrected chi connectivity index (χ0v) is 18.0. The maximum absolute atomic E-state index is 12.3. The number of hydrogen-bond donors (Lipinski definition) is 0. The van der Waals surface area contributed by atoms with E-state index >= 15 is 0 Å². The number of thiophene rings is 1. The van der Waals surface area contributed by atoms with Gasteiger partial charge in [-0.3, -0.25) is 9.59 Å². The Balaban J connectivity index is 1.79. The van der Waals surface area contributed by atoms with Gasteiger partial charge in [0.1, 0.15) is 0 Å². The largest absolute Gasteiger partial charge is 0.304 e. The second-order valence-electron chi connectivity index (χ2n) is 8.05. The molecule has 1 unspecified atom stereocenters. The molecule has 4 rings (SSSR count). The highest BCUT2D eigenvalue weighted by Gasteiger charge is 2.31. The van der Waals surface area contributed by atoms with E-state index < -0.39 is 0 Å². The van der Waals surface area contributed by atoms with Crippen molar-refractivity contribution in [3.05, 3.63) is 45.3 Å². The number of hydrogen-bond acceptors (Lipinski definition) is 4. The van der Waals surface area contributed by atoms with E-state index in [0.717, 1.165) is 55.8 Å². The molecule has 2 aromatic rings. The maximum atomic E-state index is 12.3. The third-order valence-electron chi connectivity index (χ3n) is 6.53. The SMILES string of the molecule is CCN(CC)CCC1CCc2ccc3c(c2-c2sc(C(C)=O)cc21)CCC3=O. The number of carbonyl (C=O) groups is 2. The average Bonchev–Trinajstić information content (AvgIpc) is 3.25. The molecular weight excluding hydrogens is 366 g/mol. The number of rotatable bonds is 6. The summed E-state index contributed by atoms with van der Waals surface area (Å²) in [4.78, 5) is 29.1. The Morgan fingerprint density at radius 2 is 1.96 bits per heavy atom. The molecule has 0 saturated heterocycles. The van der Waals surface area contributed by atoms with Gasteiger partial charge in [-0.05, 0) is 86.5 Å². The van der Waals surface area contributed by atoms with Crippen molar-refractivity contribution in [2.24, 2.45) is 0 Å². The molecule has 1 aromatic heterocycles. The minimum atomic E-state index is 0.144. The first-order valence-corrected chi connectivity index (χ1v) is 11.4. The minimum Gasteiger partial charge on any atom is -0.304 e. The van der Waals surface area contributed by atoms with Crippen molar-refractivity contribution in [1.29, 1.82) is 0 Å². The standard InChI is InChI=1S/C24H29NO2S/c1-4-25(5-2)13-12-16-6-7-17-8-9-18-19(10-11-21(18)27)23(17)24-20(16)14-22(28-24)15(3)26/h8-9,14,16H,4-7,10-13H2,1-3H3. The Labute approximate surface area is 171 Å². The number of aryl methyl sites for hydroxylation is 1. The van der Waals surface area contributed by atoms with E-state index in [1.165, 1.54) is 27.1 Å². The van der Waals surface area contributed by atoms with Crippen LogP contribution in [0.5, 0.6) is 0 Å². The molecule has 0 spiro atoms. The zero-order chi connectivity index (χ0) is 19.8. The molecule has 1 aromatic carbocycles. The Bertz CT molecular complexity index is 923. The first-order chi connectivity index (χ1) is 13.5. The molecule has 1 heterocycles. The van der Waals surface area contributed by atoms with Gasteiger partial charge in [-0.1, -0.05) is 26.0 Å². The van der Waals surface area contributed by atoms with Gasteiger partial charge in [0.15, 0.2) is 11.6 Å². The summed E-state index contributed by atoms with van der Waals surface area (Å²) in [7, 11) is 0. The third kappa shape index (κ3) is 3.37. The summed E-state index contributed by atoms with van der Waals surface area (Å²) in [6.07, 6.45) is 4.75. The van der Waals surface area contributed by atoms with Crippen LogP contribution in [0.15, 0.2) is 18.2 Å². The van der Waals surface area contributed by atoms with Crippen LogP contribution in [0.1, 0.15) is 82.7 Å². The van der Waals surface area contributed by atoms with Crippen molar-refractivity contribution in [3.63, 3.8) is 0 Å². The summed E-state index contributed by atoms with van der Waals surface area (Å²) in [5.74, 6) is 0.885. The van der Waals surface area contributed by atoms with Crippen LogP contribution in [0.4, 0.5) is 0 Å². The van der Waals surface area contributed by atoms with Crippen LogP contribution in [0.25, 0.3) is 10.4 Å². The number of benzene rings is 1. The third-order valence-corrected chi connectivity index (χ3v) is 7.80. The summed E-state index contributed by atoms with van der Waals surface area (Å²) in [5, 5.41) is 0. The van der Waals surface area contributed by atoms with Crippen LogP contribution in [-0.2, 0) is 12.8 Å². The van der Waals surface area contributed by atoms with Crippen molar-refractivity contribution in [1.82, 2.24) is 4.90 Å². The fraction of sp³-hybridized carbons (Fsp3) is 0.500. The summed E-state index contributed by atoms with van der Waals surface area (Å²) >= 11 is 1.64. The van der Waals surface area contributed by atoms with E-state index in [9.17, 15) is 9.59 Å².